The predicted molar refractivity (Wildman–Crippen MR) is 108 cm³/mol. The molecule has 150 valence electrons. The van der Waals surface area contributed by atoms with Gasteiger partial charge in [0.05, 0.1) is 16.3 Å². The highest BCUT2D eigenvalue weighted by Crippen LogP contribution is 2.29. The third-order valence-electron chi connectivity index (χ3n) is 5.34. The van der Waals surface area contributed by atoms with Crippen molar-refractivity contribution in [3.05, 3.63) is 76.6 Å². The van der Waals surface area contributed by atoms with E-state index in [0.717, 1.165) is 22.5 Å². The number of benzene rings is 2. The molecule has 29 heavy (non-hydrogen) atoms. The van der Waals surface area contributed by atoms with E-state index in [9.17, 15) is 18.3 Å². The molecule has 1 aliphatic rings. The molecule has 2 aromatic carbocycles. The van der Waals surface area contributed by atoms with Crippen LogP contribution in [-0.4, -0.2) is 40.1 Å². The lowest BCUT2D eigenvalue weighted by molar-refractivity contribution is 0.0688. The highest BCUT2D eigenvalue weighted by Gasteiger charge is 2.34. The maximum atomic E-state index is 13.2. The zero-order valence-electron chi connectivity index (χ0n) is 16.2. The monoisotopic (exact) mass is 411 g/mol. The van der Waals surface area contributed by atoms with Crippen LogP contribution in [0.15, 0.2) is 53.4 Å². The average Bonchev–Trinajstić information content (AvgIpc) is 3.10. The van der Waals surface area contributed by atoms with Crippen molar-refractivity contribution in [3.63, 3.8) is 0 Å². The molecule has 0 saturated carbocycles. The molecular formula is C21H21N3O4S. The van der Waals surface area contributed by atoms with Gasteiger partial charge in [0.25, 0.3) is 0 Å². The molecule has 0 fully saturated rings. The Hall–Kier alpha value is -2.97. The van der Waals surface area contributed by atoms with Gasteiger partial charge >= 0.3 is 5.97 Å². The van der Waals surface area contributed by atoms with E-state index in [-0.39, 0.29) is 23.7 Å². The second kappa shape index (κ2) is 7.13. The van der Waals surface area contributed by atoms with Crippen LogP contribution in [0.25, 0.3) is 5.69 Å². The number of carboxylic acid groups (broad SMARTS) is 1. The van der Waals surface area contributed by atoms with Gasteiger partial charge in [0.15, 0.2) is 5.69 Å². The Morgan fingerprint density at radius 2 is 1.79 bits per heavy atom. The minimum Gasteiger partial charge on any atom is -0.476 e. The molecule has 8 heteroatoms. The summed E-state index contributed by atoms with van der Waals surface area (Å²) in [6.07, 6.45) is 0.384. The average molecular weight is 411 g/mol. The van der Waals surface area contributed by atoms with Gasteiger partial charge < -0.3 is 5.11 Å². The molecule has 7 nitrogen and oxygen atoms in total. The number of carboxylic acids is 1. The minimum absolute atomic E-state index is 0.0148. The van der Waals surface area contributed by atoms with Gasteiger partial charge in [-0.05, 0) is 49.2 Å². The lowest BCUT2D eigenvalue weighted by Crippen LogP contribution is -2.36. The molecule has 0 unspecified atom stereocenters. The lowest BCUT2D eigenvalue weighted by atomic mass is 10.1. The summed E-state index contributed by atoms with van der Waals surface area (Å²) in [4.78, 5) is 12.0. The molecule has 0 atom stereocenters. The van der Waals surface area contributed by atoms with Gasteiger partial charge in [-0.15, -0.1) is 0 Å². The van der Waals surface area contributed by atoms with Gasteiger partial charge in [0.2, 0.25) is 10.0 Å². The highest BCUT2D eigenvalue weighted by atomic mass is 32.2. The van der Waals surface area contributed by atoms with Crippen molar-refractivity contribution in [3.8, 4) is 5.69 Å². The quantitative estimate of drug-likeness (QED) is 0.713. The number of fused-ring (bicyclic) bond motifs is 1. The Bertz CT molecular complexity index is 1200. The number of rotatable bonds is 4. The lowest BCUT2D eigenvalue weighted by Gasteiger charge is -2.27. The first kappa shape index (κ1) is 19.4. The number of aryl methyl sites for hydroxylation is 2. The molecular weight excluding hydrogens is 390 g/mol. The summed E-state index contributed by atoms with van der Waals surface area (Å²) < 4.78 is 29.3. The Balaban J connectivity index is 1.75. The zero-order chi connectivity index (χ0) is 20.8. The summed E-state index contributed by atoms with van der Waals surface area (Å²) in [6.45, 7) is 4.05. The summed E-state index contributed by atoms with van der Waals surface area (Å²) in [5.41, 5.74) is 3.74. The Labute approximate surface area is 169 Å². The molecule has 0 radical (unpaired) electrons. The third-order valence-corrected chi connectivity index (χ3v) is 7.18. The number of hydrogen-bond donors (Lipinski definition) is 1. The first-order valence-corrected chi connectivity index (χ1v) is 10.7. The summed E-state index contributed by atoms with van der Waals surface area (Å²) >= 11 is 0. The molecule has 0 spiro atoms. The van der Waals surface area contributed by atoms with Gasteiger partial charge in [-0.3, -0.25) is 0 Å². The third kappa shape index (κ3) is 3.34. The fraction of sp³-hybridized carbons (Fsp3) is 0.238. The van der Waals surface area contributed by atoms with E-state index in [1.54, 1.807) is 22.9 Å². The molecule has 3 aromatic rings. The van der Waals surface area contributed by atoms with Crippen molar-refractivity contribution in [1.29, 1.82) is 0 Å². The van der Waals surface area contributed by atoms with E-state index >= 15 is 0 Å². The van der Waals surface area contributed by atoms with Crippen molar-refractivity contribution in [2.75, 3.05) is 6.54 Å². The molecule has 0 aliphatic carbocycles. The van der Waals surface area contributed by atoms with Gasteiger partial charge in [-0.2, -0.15) is 9.40 Å². The standard InChI is InChI=1S/C21H21N3O4S/c1-14-8-9-17(12-15(14)2)29(27,28)23-11-10-19-18(13-23)20(21(25)26)22-24(19)16-6-4-3-5-7-16/h3-9,12H,10-11,13H2,1-2H3,(H,25,26). The van der Waals surface area contributed by atoms with Crippen LogP contribution in [-0.2, 0) is 23.0 Å². The van der Waals surface area contributed by atoms with Crippen LogP contribution in [0.4, 0.5) is 0 Å². The van der Waals surface area contributed by atoms with Crippen molar-refractivity contribution in [2.45, 2.75) is 31.7 Å². The normalized spacial score (nSPS) is 14.6. The largest absolute Gasteiger partial charge is 0.476 e. The first-order valence-electron chi connectivity index (χ1n) is 9.26. The number of hydrogen-bond acceptors (Lipinski definition) is 4. The summed E-state index contributed by atoms with van der Waals surface area (Å²) in [5.74, 6) is -1.17. The number of para-hydroxylation sites is 1. The number of nitrogens with zero attached hydrogens (tertiary/aromatic N) is 3. The SMILES string of the molecule is Cc1ccc(S(=O)(=O)N2CCc3c(c(C(=O)O)nn3-c3ccccc3)C2)cc1C. The minimum atomic E-state index is -3.74. The fourth-order valence-electron chi connectivity index (χ4n) is 3.58. The van der Waals surface area contributed by atoms with Gasteiger partial charge in [-0.1, -0.05) is 24.3 Å². The van der Waals surface area contributed by atoms with Gasteiger partial charge in [-0.25, -0.2) is 17.9 Å². The van der Waals surface area contributed by atoms with Gasteiger partial charge in [0, 0.05) is 25.1 Å². The second-order valence-electron chi connectivity index (χ2n) is 7.16. The van der Waals surface area contributed by atoms with Crippen molar-refractivity contribution in [1.82, 2.24) is 14.1 Å². The first-order chi connectivity index (χ1) is 13.8. The zero-order valence-corrected chi connectivity index (χ0v) is 17.0. The number of aromatic carboxylic acids is 1. The van der Waals surface area contributed by atoms with E-state index in [0.29, 0.717) is 12.0 Å². The smallest absolute Gasteiger partial charge is 0.356 e. The molecule has 0 amide bonds. The highest BCUT2D eigenvalue weighted by molar-refractivity contribution is 7.89. The Kier molecular flexibility index (Phi) is 4.76. The van der Waals surface area contributed by atoms with Crippen molar-refractivity contribution in [2.24, 2.45) is 0 Å². The molecule has 1 N–H and O–H groups in total. The summed E-state index contributed by atoms with van der Waals surface area (Å²) in [6, 6.07) is 14.3. The maximum absolute atomic E-state index is 13.2. The van der Waals surface area contributed by atoms with Crippen molar-refractivity contribution >= 4 is 16.0 Å². The Morgan fingerprint density at radius 1 is 1.07 bits per heavy atom. The molecule has 4 rings (SSSR count). The molecule has 2 heterocycles. The molecule has 1 aromatic heterocycles. The van der Waals surface area contributed by atoms with Crippen LogP contribution < -0.4 is 0 Å². The van der Waals surface area contributed by atoms with Crippen LogP contribution in [0.2, 0.25) is 0 Å². The number of aromatic nitrogens is 2. The van der Waals surface area contributed by atoms with Crippen LogP contribution in [0.1, 0.15) is 32.9 Å². The van der Waals surface area contributed by atoms with Crippen LogP contribution >= 0.6 is 0 Å². The van der Waals surface area contributed by atoms with Crippen molar-refractivity contribution < 1.29 is 18.3 Å². The van der Waals surface area contributed by atoms with E-state index in [2.05, 4.69) is 5.10 Å². The van der Waals surface area contributed by atoms with Crippen LogP contribution in [0.3, 0.4) is 0 Å². The topological polar surface area (TPSA) is 92.5 Å². The summed E-state index contributed by atoms with van der Waals surface area (Å²) in [5, 5.41) is 13.9. The predicted octanol–water partition coefficient (Wildman–Crippen LogP) is 2.93. The molecule has 0 saturated heterocycles. The van der Waals surface area contributed by atoms with Gasteiger partial charge in [0.1, 0.15) is 0 Å². The maximum Gasteiger partial charge on any atom is 0.356 e. The Morgan fingerprint density at radius 3 is 2.45 bits per heavy atom. The van der Waals surface area contributed by atoms with Crippen LogP contribution in [0, 0.1) is 13.8 Å². The van der Waals surface area contributed by atoms with Crippen LogP contribution in [0.5, 0.6) is 0 Å². The van der Waals surface area contributed by atoms with E-state index < -0.39 is 16.0 Å². The molecule has 1 aliphatic heterocycles. The van der Waals surface area contributed by atoms with E-state index in [1.807, 2.05) is 44.2 Å². The van der Waals surface area contributed by atoms with E-state index in [4.69, 9.17) is 0 Å². The molecule has 0 bridgehead atoms. The summed E-state index contributed by atoms with van der Waals surface area (Å²) in [7, 11) is -3.74. The second-order valence-corrected chi connectivity index (χ2v) is 9.10. The number of sulfonamides is 1. The number of carbonyl (C=O) groups is 1. The fourth-order valence-corrected chi connectivity index (χ4v) is 5.07. The van der Waals surface area contributed by atoms with E-state index in [1.165, 1.54) is 4.31 Å².